The number of benzene rings is 3. The van der Waals surface area contributed by atoms with E-state index in [4.69, 9.17) is 16.3 Å². The quantitative estimate of drug-likeness (QED) is 0.159. The minimum Gasteiger partial charge on any atom is -0.490 e. The Morgan fingerprint density at radius 2 is 1.85 bits per heavy atom. The fraction of sp³-hybridized carbons (Fsp3) is 0.276. The van der Waals surface area contributed by atoms with Crippen molar-refractivity contribution in [1.29, 1.82) is 0 Å². The molecule has 0 N–H and O–H groups in total. The van der Waals surface area contributed by atoms with E-state index >= 15 is 0 Å². The van der Waals surface area contributed by atoms with Crippen molar-refractivity contribution in [1.82, 2.24) is 0 Å². The van der Waals surface area contributed by atoms with Gasteiger partial charge in [-0.05, 0) is 66.9 Å². The van der Waals surface area contributed by atoms with E-state index in [-0.39, 0.29) is 41.2 Å². The molecule has 0 saturated carbocycles. The number of allylic oxidation sites excluding steroid dienone is 1. The fourth-order valence-corrected chi connectivity index (χ4v) is 6.86. The molecule has 0 bridgehead atoms. The zero-order valence-electron chi connectivity index (χ0n) is 21.5. The molecule has 0 spiro atoms. The topological polar surface area (TPSA) is 69.7 Å². The lowest BCUT2D eigenvalue weighted by Gasteiger charge is -2.32. The highest BCUT2D eigenvalue weighted by molar-refractivity contribution is 7.91. The summed E-state index contributed by atoms with van der Waals surface area (Å²) in [5.41, 5.74) is 0.337. The van der Waals surface area contributed by atoms with Gasteiger partial charge in [0, 0.05) is 24.0 Å². The number of carbonyl (C=O) groups is 1. The van der Waals surface area contributed by atoms with E-state index in [0.29, 0.717) is 17.2 Å². The van der Waals surface area contributed by atoms with Gasteiger partial charge in [0.25, 0.3) is 0 Å². The van der Waals surface area contributed by atoms with Gasteiger partial charge >= 0.3 is 12.1 Å². The summed E-state index contributed by atoms with van der Waals surface area (Å²) in [7, 11) is -3.12. The first-order valence-electron chi connectivity index (χ1n) is 12.2. The number of methoxy groups -OCH3 is 1. The van der Waals surface area contributed by atoms with Crippen LogP contribution in [0, 0.1) is 5.82 Å². The van der Waals surface area contributed by atoms with Gasteiger partial charge in [-0.25, -0.2) is 12.8 Å². The van der Waals surface area contributed by atoms with E-state index in [2.05, 4.69) is 4.74 Å². The van der Waals surface area contributed by atoms with Crippen molar-refractivity contribution in [2.45, 2.75) is 48.6 Å². The third kappa shape index (κ3) is 6.33. The first-order chi connectivity index (χ1) is 18.8. The summed E-state index contributed by atoms with van der Waals surface area (Å²) in [4.78, 5) is 11.2. The molecule has 2 unspecified atom stereocenters. The van der Waals surface area contributed by atoms with E-state index in [1.165, 1.54) is 19.2 Å². The van der Waals surface area contributed by atoms with Crippen molar-refractivity contribution in [3.63, 3.8) is 0 Å². The summed E-state index contributed by atoms with van der Waals surface area (Å²) < 4.78 is 92.9. The second kappa shape index (κ2) is 11.6. The van der Waals surface area contributed by atoms with E-state index in [0.717, 1.165) is 18.2 Å². The van der Waals surface area contributed by atoms with Gasteiger partial charge < -0.3 is 9.47 Å². The number of hydrogen-bond donors (Lipinski definition) is 0. The number of halogens is 5. The van der Waals surface area contributed by atoms with Crippen LogP contribution in [0.25, 0.3) is 11.6 Å². The van der Waals surface area contributed by atoms with Crippen LogP contribution < -0.4 is 4.74 Å². The van der Waals surface area contributed by atoms with E-state index in [1.54, 1.807) is 37.3 Å². The summed E-state index contributed by atoms with van der Waals surface area (Å²) in [5, 5.41) is -1.07. The second-order valence-electron chi connectivity index (χ2n) is 9.37. The monoisotopic (exact) mass is 596 g/mol. The number of sulfone groups is 1. The molecule has 212 valence electrons. The minimum atomic E-state index is -4.73. The summed E-state index contributed by atoms with van der Waals surface area (Å²) in [6.45, 7) is 1.65. The Morgan fingerprint density at radius 1 is 1.12 bits per heavy atom. The van der Waals surface area contributed by atoms with Crippen LogP contribution in [-0.4, -0.2) is 27.6 Å². The van der Waals surface area contributed by atoms with E-state index in [1.807, 2.05) is 0 Å². The molecular formula is C29H25ClF4O5S. The van der Waals surface area contributed by atoms with Crippen LogP contribution in [0.5, 0.6) is 5.75 Å². The molecule has 11 heteroatoms. The molecule has 1 aliphatic rings. The summed E-state index contributed by atoms with van der Waals surface area (Å²) in [6, 6.07) is 12.6. The standard InChI is InChI=1S/C29H25ClF4O5S/c1-17(28-23(30)7-4-8-24(28)31)13-18-9-11-25-22(14-18)26(16-20(39-25)10-12-27(35)38-2)40(36,37)21-6-3-5-19(15-21)29(32,33)34/h3-9,11,13-15,20,26H,10,12,16H2,1-2H3. The third-order valence-electron chi connectivity index (χ3n) is 6.65. The Bertz CT molecular complexity index is 1550. The van der Waals surface area contributed by atoms with Crippen molar-refractivity contribution >= 4 is 39.1 Å². The summed E-state index contributed by atoms with van der Waals surface area (Å²) >= 11 is 6.19. The summed E-state index contributed by atoms with van der Waals surface area (Å²) in [5.74, 6) is -0.809. The highest BCUT2D eigenvalue weighted by Crippen LogP contribution is 2.44. The molecule has 2 atom stereocenters. The van der Waals surface area contributed by atoms with Gasteiger partial charge in [0.1, 0.15) is 17.7 Å². The van der Waals surface area contributed by atoms with Gasteiger partial charge in [-0.2, -0.15) is 13.2 Å². The maximum atomic E-state index is 14.5. The average molecular weight is 597 g/mol. The van der Waals surface area contributed by atoms with Gasteiger partial charge in [-0.3, -0.25) is 4.79 Å². The smallest absolute Gasteiger partial charge is 0.416 e. The molecule has 5 nitrogen and oxygen atoms in total. The average Bonchev–Trinajstić information content (AvgIpc) is 2.90. The largest absolute Gasteiger partial charge is 0.490 e. The lowest BCUT2D eigenvalue weighted by molar-refractivity contribution is -0.141. The van der Waals surface area contributed by atoms with Crippen LogP contribution in [0.1, 0.15) is 53.7 Å². The number of fused-ring (bicyclic) bond motifs is 1. The van der Waals surface area contributed by atoms with Crippen molar-refractivity contribution in [3.05, 3.63) is 93.8 Å². The predicted octanol–water partition coefficient (Wildman–Crippen LogP) is 7.68. The number of ether oxygens (including phenoxy) is 2. The van der Waals surface area contributed by atoms with Crippen LogP contribution >= 0.6 is 11.6 Å². The van der Waals surface area contributed by atoms with Crippen LogP contribution in [0.15, 0.2) is 65.6 Å². The normalized spacial score (nSPS) is 17.6. The molecule has 40 heavy (non-hydrogen) atoms. The Balaban J connectivity index is 1.79. The van der Waals surface area contributed by atoms with Crippen molar-refractivity contribution in [3.8, 4) is 5.75 Å². The van der Waals surface area contributed by atoms with Crippen molar-refractivity contribution in [2.24, 2.45) is 0 Å². The molecular weight excluding hydrogens is 572 g/mol. The minimum absolute atomic E-state index is 0.0315. The predicted molar refractivity (Wildman–Crippen MR) is 143 cm³/mol. The molecule has 4 rings (SSSR count). The molecule has 0 amide bonds. The second-order valence-corrected chi connectivity index (χ2v) is 11.9. The number of esters is 1. The number of carbonyl (C=O) groups excluding carboxylic acids is 1. The number of rotatable bonds is 7. The van der Waals surface area contributed by atoms with Gasteiger partial charge in [-0.15, -0.1) is 0 Å². The van der Waals surface area contributed by atoms with Crippen LogP contribution in [0.4, 0.5) is 17.6 Å². The first-order valence-corrected chi connectivity index (χ1v) is 14.1. The maximum absolute atomic E-state index is 14.5. The lowest BCUT2D eigenvalue weighted by atomic mass is 9.96. The third-order valence-corrected chi connectivity index (χ3v) is 9.08. The molecule has 3 aromatic rings. The summed E-state index contributed by atoms with van der Waals surface area (Å²) in [6.07, 6.45) is -3.80. The van der Waals surface area contributed by atoms with E-state index in [9.17, 15) is 30.8 Å². The fourth-order valence-electron chi connectivity index (χ4n) is 4.67. The Labute approximate surface area is 234 Å². The Morgan fingerprint density at radius 3 is 2.52 bits per heavy atom. The zero-order chi connectivity index (χ0) is 29.2. The van der Waals surface area contributed by atoms with Crippen LogP contribution in [-0.2, 0) is 25.5 Å². The van der Waals surface area contributed by atoms with E-state index < -0.39 is 49.6 Å². The first kappa shape index (κ1) is 29.6. The molecule has 0 aliphatic carbocycles. The molecule has 0 aromatic heterocycles. The lowest BCUT2D eigenvalue weighted by Crippen LogP contribution is -2.30. The molecule has 1 aliphatic heterocycles. The van der Waals surface area contributed by atoms with Gasteiger partial charge in [0.2, 0.25) is 0 Å². The highest BCUT2D eigenvalue weighted by Gasteiger charge is 2.39. The molecule has 0 fully saturated rings. The maximum Gasteiger partial charge on any atom is 0.416 e. The highest BCUT2D eigenvalue weighted by atomic mass is 35.5. The molecule has 1 heterocycles. The van der Waals surface area contributed by atoms with Crippen molar-refractivity contribution in [2.75, 3.05) is 7.11 Å². The van der Waals surface area contributed by atoms with Crippen molar-refractivity contribution < 1.29 is 40.2 Å². The zero-order valence-corrected chi connectivity index (χ0v) is 23.0. The Hall–Kier alpha value is -3.37. The number of hydrogen-bond acceptors (Lipinski definition) is 5. The van der Waals surface area contributed by atoms with Gasteiger partial charge in [0.15, 0.2) is 9.84 Å². The van der Waals surface area contributed by atoms with Crippen LogP contribution in [0.3, 0.4) is 0 Å². The Kier molecular flexibility index (Phi) is 8.60. The molecule has 3 aromatic carbocycles. The SMILES string of the molecule is COC(=O)CCC1CC(S(=O)(=O)c2cccc(C(F)(F)F)c2)c2cc(C=C(C)c3c(F)cccc3Cl)ccc2O1. The number of alkyl halides is 3. The van der Waals surface area contributed by atoms with Gasteiger partial charge in [0.05, 0.1) is 27.8 Å². The molecule has 0 saturated heterocycles. The van der Waals surface area contributed by atoms with Gasteiger partial charge in [-0.1, -0.05) is 35.9 Å². The van der Waals surface area contributed by atoms with Crippen LogP contribution in [0.2, 0.25) is 5.02 Å². The molecule has 0 radical (unpaired) electrons.